The lowest BCUT2D eigenvalue weighted by atomic mass is 9.83. The summed E-state index contributed by atoms with van der Waals surface area (Å²) in [7, 11) is 3.80. The molecule has 118 valence electrons. The maximum Gasteiger partial charge on any atom is 0.121 e. The summed E-state index contributed by atoms with van der Waals surface area (Å²) in [5.41, 5.74) is 2.66. The van der Waals surface area contributed by atoms with Crippen molar-refractivity contribution in [3.63, 3.8) is 0 Å². The zero-order chi connectivity index (χ0) is 15.4. The van der Waals surface area contributed by atoms with Crippen LogP contribution in [0.3, 0.4) is 0 Å². The molecule has 0 saturated carbocycles. The van der Waals surface area contributed by atoms with Gasteiger partial charge in [-0.2, -0.15) is 0 Å². The van der Waals surface area contributed by atoms with E-state index in [1.807, 2.05) is 0 Å². The van der Waals surface area contributed by atoms with Crippen LogP contribution in [0.1, 0.15) is 43.9 Å². The molecule has 0 bridgehead atoms. The Balaban J connectivity index is 2.34. The first kappa shape index (κ1) is 16.3. The molecule has 1 heterocycles. The van der Waals surface area contributed by atoms with Crippen molar-refractivity contribution in [2.45, 2.75) is 45.7 Å². The molecule has 3 nitrogen and oxygen atoms in total. The molecule has 2 atom stereocenters. The lowest BCUT2D eigenvalue weighted by molar-refractivity contribution is 0.0635. The number of aryl methyl sites for hydroxylation is 1. The second-order valence-electron chi connectivity index (χ2n) is 6.47. The van der Waals surface area contributed by atoms with E-state index in [0.29, 0.717) is 18.0 Å². The molecule has 1 aliphatic rings. The predicted molar refractivity (Wildman–Crippen MR) is 89.0 cm³/mol. The third-order valence-corrected chi connectivity index (χ3v) is 4.69. The van der Waals surface area contributed by atoms with Crippen LogP contribution < -0.4 is 10.1 Å². The first-order valence-corrected chi connectivity index (χ1v) is 8.13. The van der Waals surface area contributed by atoms with Crippen molar-refractivity contribution in [1.29, 1.82) is 0 Å². The van der Waals surface area contributed by atoms with Gasteiger partial charge in [0.1, 0.15) is 5.75 Å². The molecule has 1 fully saturated rings. The normalized spacial score (nSPS) is 23.5. The lowest BCUT2D eigenvalue weighted by Gasteiger charge is -2.44. The zero-order valence-corrected chi connectivity index (χ0v) is 14.1. The highest BCUT2D eigenvalue weighted by Gasteiger charge is 2.33. The highest BCUT2D eigenvalue weighted by Crippen LogP contribution is 2.38. The number of piperidine rings is 1. The molecule has 0 radical (unpaired) electrons. The van der Waals surface area contributed by atoms with Gasteiger partial charge in [0.15, 0.2) is 0 Å². The number of nitrogens with one attached hydrogen (secondary N) is 1. The Morgan fingerprint density at radius 1 is 1.38 bits per heavy atom. The number of ether oxygens (including phenoxy) is 1. The highest BCUT2D eigenvalue weighted by molar-refractivity contribution is 5.38. The van der Waals surface area contributed by atoms with Crippen molar-refractivity contribution < 1.29 is 4.74 Å². The fourth-order valence-corrected chi connectivity index (χ4v) is 3.71. The van der Waals surface area contributed by atoms with Crippen LogP contribution in [0.25, 0.3) is 0 Å². The van der Waals surface area contributed by atoms with Gasteiger partial charge in [-0.05, 0) is 76.9 Å². The molecule has 0 aromatic heterocycles. The first-order valence-electron chi connectivity index (χ1n) is 8.13. The van der Waals surface area contributed by atoms with E-state index in [9.17, 15) is 0 Å². The molecular formula is C18H30N2O. The van der Waals surface area contributed by atoms with Gasteiger partial charge in [-0.3, -0.25) is 4.90 Å². The minimum absolute atomic E-state index is 0.510. The molecule has 0 aliphatic carbocycles. The van der Waals surface area contributed by atoms with E-state index < -0.39 is 0 Å². The first-order chi connectivity index (χ1) is 10.1. The summed E-state index contributed by atoms with van der Waals surface area (Å²) in [6, 6.07) is 7.77. The Morgan fingerprint density at radius 3 is 2.71 bits per heavy atom. The summed E-state index contributed by atoms with van der Waals surface area (Å²) in [5, 5.41) is 3.38. The number of likely N-dealkylation sites (tertiary alicyclic amines) is 1. The molecule has 1 saturated heterocycles. The summed E-state index contributed by atoms with van der Waals surface area (Å²) >= 11 is 0. The van der Waals surface area contributed by atoms with Crippen molar-refractivity contribution in [2.75, 3.05) is 27.2 Å². The standard InChI is InChI=1S/C18H30N2O/c1-13(2)20-10-6-7-16(12-19-4)18(20)15-8-9-17(21-5)14(3)11-15/h8-9,11,13,16,18-19H,6-7,10,12H2,1-5H3. The molecule has 1 aliphatic heterocycles. The third-order valence-electron chi connectivity index (χ3n) is 4.69. The molecular weight excluding hydrogens is 260 g/mol. The van der Waals surface area contributed by atoms with E-state index in [1.54, 1.807) is 7.11 Å². The van der Waals surface area contributed by atoms with Crippen LogP contribution in [-0.2, 0) is 0 Å². The van der Waals surface area contributed by atoms with Crippen molar-refractivity contribution >= 4 is 0 Å². The van der Waals surface area contributed by atoms with Crippen LogP contribution in [0.2, 0.25) is 0 Å². The average Bonchev–Trinajstić information content (AvgIpc) is 2.47. The van der Waals surface area contributed by atoms with Crippen LogP contribution in [0.5, 0.6) is 5.75 Å². The summed E-state index contributed by atoms with van der Waals surface area (Å²) in [4.78, 5) is 2.66. The van der Waals surface area contributed by atoms with Gasteiger partial charge in [-0.25, -0.2) is 0 Å². The topological polar surface area (TPSA) is 24.5 Å². The second kappa shape index (κ2) is 7.28. The van der Waals surface area contributed by atoms with Gasteiger partial charge in [-0.15, -0.1) is 0 Å². The minimum atomic E-state index is 0.510. The number of benzene rings is 1. The third kappa shape index (κ3) is 3.58. The fourth-order valence-electron chi connectivity index (χ4n) is 3.71. The van der Waals surface area contributed by atoms with Crippen LogP contribution in [0.4, 0.5) is 0 Å². The van der Waals surface area contributed by atoms with Gasteiger partial charge in [-0.1, -0.05) is 12.1 Å². The quantitative estimate of drug-likeness (QED) is 0.899. The largest absolute Gasteiger partial charge is 0.496 e. The van der Waals surface area contributed by atoms with Crippen molar-refractivity contribution in [3.8, 4) is 5.75 Å². The van der Waals surface area contributed by atoms with Gasteiger partial charge in [0, 0.05) is 12.1 Å². The van der Waals surface area contributed by atoms with Crippen molar-refractivity contribution in [3.05, 3.63) is 29.3 Å². The van der Waals surface area contributed by atoms with E-state index in [0.717, 1.165) is 12.3 Å². The van der Waals surface area contributed by atoms with Gasteiger partial charge < -0.3 is 10.1 Å². The molecule has 1 aromatic carbocycles. The summed E-state index contributed by atoms with van der Waals surface area (Å²) < 4.78 is 5.41. The number of hydrogen-bond donors (Lipinski definition) is 1. The SMILES string of the molecule is CNCC1CCCN(C(C)C)C1c1ccc(OC)c(C)c1. The summed E-state index contributed by atoms with van der Waals surface area (Å²) in [6.07, 6.45) is 2.61. The van der Waals surface area contributed by atoms with Crippen LogP contribution >= 0.6 is 0 Å². The Kier molecular flexibility index (Phi) is 5.65. The molecule has 0 amide bonds. The van der Waals surface area contributed by atoms with Crippen LogP contribution in [0, 0.1) is 12.8 Å². The van der Waals surface area contributed by atoms with E-state index in [4.69, 9.17) is 4.74 Å². The minimum Gasteiger partial charge on any atom is -0.496 e. The molecule has 2 unspecified atom stereocenters. The Bertz CT molecular complexity index is 457. The average molecular weight is 290 g/mol. The van der Waals surface area contributed by atoms with Crippen molar-refractivity contribution in [2.24, 2.45) is 5.92 Å². The number of rotatable bonds is 5. The Morgan fingerprint density at radius 2 is 2.14 bits per heavy atom. The highest BCUT2D eigenvalue weighted by atomic mass is 16.5. The fraction of sp³-hybridized carbons (Fsp3) is 0.667. The van der Waals surface area contributed by atoms with Gasteiger partial charge >= 0.3 is 0 Å². The zero-order valence-electron chi connectivity index (χ0n) is 14.1. The monoisotopic (exact) mass is 290 g/mol. The second-order valence-corrected chi connectivity index (χ2v) is 6.47. The van der Waals surface area contributed by atoms with E-state index in [1.165, 1.54) is 30.5 Å². The van der Waals surface area contributed by atoms with Gasteiger partial charge in [0.25, 0.3) is 0 Å². The maximum atomic E-state index is 5.41. The summed E-state index contributed by atoms with van der Waals surface area (Å²) in [5.74, 6) is 1.66. The van der Waals surface area contributed by atoms with E-state index in [2.05, 4.69) is 56.2 Å². The molecule has 2 rings (SSSR count). The van der Waals surface area contributed by atoms with Gasteiger partial charge in [0.2, 0.25) is 0 Å². The molecule has 1 aromatic rings. The Labute approximate surface area is 129 Å². The van der Waals surface area contributed by atoms with Crippen molar-refractivity contribution in [1.82, 2.24) is 10.2 Å². The Hall–Kier alpha value is -1.06. The lowest BCUT2D eigenvalue weighted by Crippen LogP contribution is -2.45. The maximum absolute atomic E-state index is 5.41. The van der Waals surface area contributed by atoms with E-state index >= 15 is 0 Å². The smallest absolute Gasteiger partial charge is 0.121 e. The molecule has 1 N–H and O–H groups in total. The van der Waals surface area contributed by atoms with Crippen LogP contribution in [0.15, 0.2) is 18.2 Å². The number of nitrogens with zero attached hydrogens (tertiary/aromatic N) is 1. The number of methoxy groups -OCH3 is 1. The summed E-state index contributed by atoms with van der Waals surface area (Å²) in [6.45, 7) is 9.04. The molecule has 21 heavy (non-hydrogen) atoms. The number of hydrogen-bond acceptors (Lipinski definition) is 3. The molecule has 3 heteroatoms. The molecule has 0 spiro atoms. The van der Waals surface area contributed by atoms with Gasteiger partial charge in [0.05, 0.1) is 7.11 Å². The van der Waals surface area contributed by atoms with Crippen LogP contribution in [-0.4, -0.2) is 38.2 Å². The predicted octanol–water partition coefficient (Wildman–Crippen LogP) is 3.38. The van der Waals surface area contributed by atoms with E-state index in [-0.39, 0.29) is 0 Å².